The third-order valence-corrected chi connectivity index (χ3v) is 3.41. The molecule has 0 spiro atoms. The average molecular weight is 292 g/mol. The molecule has 110 valence electrons. The number of nitrogen functional groups attached to an aromatic ring is 1. The maximum atomic E-state index is 13.5. The lowest BCUT2D eigenvalue weighted by atomic mass is 10.2. The molecule has 1 aromatic heterocycles. The molecule has 1 saturated carbocycles. The summed E-state index contributed by atoms with van der Waals surface area (Å²) in [7, 11) is 0. The van der Waals surface area contributed by atoms with Gasteiger partial charge in [-0.3, -0.25) is 0 Å². The van der Waals surface area contributed by atoms with Crippen LogP contribution in [0.15, 0.2) is 30.5 Å². The molecule has 4 nitrogen and oxygen atoms in total. The van der Waals surface area contributed by atoms with Crippen LogP contribution in [0, 0.1) is 11.6 Å². The molecule has 1 fully saturated rings. The highest BCUT2D eigenvalue weighted by Gasteiger charge is 2.28. The second-order valence-electron chi connectivity index (χ2n) is 5.09. The second kappa shape index (κ2) is 5.20. The van der Waals surface area contributed by atoms with E-state index in [1.54, 1.807) is 10.8 Å². The molecule has 21 heavy (non-hydrogen) atoms. The first kappa shape index (κ1) is 13.6. The maximum absolute atomic E-state index is 13.5. The van der Waals surface area contributed by atoms with E-state index in [-0.39, 0.29) is 18.2 Å². The fraction of sp³-hybridized carbons (Fsp3) is 0.267. The normalized spacial score (nSPS) is 14.2. The number of hydrogen-bond donors (Lipinski definition) is 1. The summed E-state index contributed by atoms with van der Waals surface area (Å²) in [6, 6.07) is 5.56. The second-order valence-corrected chi connectivity index (χ2v) is 5.09. The van der Waals surface area contributed by atoms with E-state index in [4.69, 9.17) is 10.5 Å². The first-order valence-electron chi connectivity index (χ1n) is 6.63. The van der Waals surface area contributed by atoms with E-state index in [1.165, 1.54) is 18.2 Å². The molecule has 0 unspecified atom stereocenters. The van der Waals surface area contributed by atoms with Crippen LogP contribution in [-0.2, 0) is 11.3 Å². The van der Waals surface area contributed by atoms with Crippen molar-refractivity contribution in [3.05, 3.63) is 53.4 Å². The minimum absolute atomic E-state index is 0.000787. The van der Waals surface area contributed by atoms with Gasteiger partial charge in [-0.1, -0.05) is 12.1 Å². The Morgan fingerprint density at radius 2 is 2.14 bits per heavy atom. The van der Waals surface area contributed by atoms with E-state index in [0.29, 0.717) is 11.4 Å². The summed E-state index contributed by atoms with van der Waals surface area (Å²) in [6.45, 7) is -0.321. The summed E-state index contributed by atoms with van der Waals surface area (Å²) in [6.07, 6.45) is 3.68. The van der Waals surface area contributed by atoms with Crippen molar-refractivity contribution in [3.63, 3.8) is 0 Å². The monoisotopic (exact) mass is 292 g/mol. The van der Waals surface area contributed by atoms with Crippen molar-refractivity contribution in [1.82, 2.24) is 4.57 Å². The third-order valence-electron chi connectivity index (χ3n) is 3.41. The Kier molecular flexibility index (Phi) is 3.37. The number of benzene rings is 1. The van der Waals surface area contributed by atoms with Crippen LogP contribution in [0.5, 0.6) is 0 Å². The lowest BCUT2D eigenvalue weighted by Crippen LogP contribution is -2.11. The van der Waals surface area contributed by atoms with Gasteiger partial charge in [-0.25, -0.2) is 13.6 Å². The number of ether oxygens (including phenoxy) is 1. The minimum atomic E-state index is -0.998. The number of halogens is 2. The fourth-order valence-electron chi connectivity index (χ4n) is 2.20. The molecule has 1 aliphatic rings. The fourth-order valence-corrected chi connectivity index (χ4v) is 2.20. The average Bonchev–Trinajstić information content (AvgIpc) is 3.23. The van der Waals surface area contributed by atoms with Crippen LogP contribution in [0.3, 0.4) is 0 Å². The molecule has 0 amide bonds. The van der Waals surface area contributed by atoms with Crippen molar-refractivity contribution >= 4 is 11.7 Å². The summed E-state index contributed by atoms with van der Waals surface area (Å²) in [5, 5.41) is 0. The van der Waals surface area contributed by atoms with Gasteiger partial charge in [0, 0.05) is 17.8 Å². The largest absolute Gasteiger partial charge is 0.456 e. The van der Waals surface area contributed by atoms with Crippen molar-refractivity contribution in [1.29, 1.82) is 0 Å². The molecular weight excluding hydrogens is 278 g/mol. The van der Waals surface area contributed by atoms with E-state index < -0.39 is 17.6 Å². The van der Waals surface area contributed by atoms with Crippen LogP contribution < -0.4 is 5.73 Å². The Labute approximate surface area is 120 Å². The number of anilines is 1. The number of hydrogen-bond acceptors (Lipinski definition) is 3. The lowest BCUT2D eigenvalue weighted by Gasteiger charge is -2.08. The van der Waals surface area contributed by atoms with Gasteiger partial charge >= 0.3 is 5.97 Å². The molecule has 1 heterocycles. The van der Waals surface area contributed by atoms with E-state index >= 15 is 0 Å². The van der Waals surface area contributed by atoms with Gasteiger partial charge in [-0.15, -0.1) is 0 Å². The summed E-state index contributed by atoms with van der Waals surface area (Å²) in [5.74, 6) is -2.56. The van der Waals surface area contributed by atoms with Gasteiger partial charge in [0.25, 0.3) is 0 Å². The Morgan fingerprint density at radius 3 is 2.86 bits per heavy atom. The smallest absolute Gasteiger partial charge is 0.355 e. The van der Waals surface area contributed by atoms with E-state index in [1.807, 2.05) is 0 Å². The van der Waals surface area contributed by atoms with Crippen LogP contribution in [0.4, 0.5) is 14.5 Å². The van der Waals surface area contributed by atoms with E-state index in [2.05, 4.69) is 0 Å². The molecule has 2 N–H and O–H groups in total. The summed E-state index contributed by atoms with van der Waals surface area (Å²) < 4.78 is 33.4. The molecule has 1 aliphatic carbocycles. The van der Waals surface area contributed by atoms with Gasteiger partial charge in [0.1, 0.15) is 12.3 Å². The molecule has 3 rings (SSSR count). The molecule has 0 bridgehead atoms. The Hall–Kier alpha value is -2.37. The molecule has 6 heteroatoms. The van der Waals surface area contributed by atoms with Gasteiger partial charge in [-0.2, -0.15) is 0 Å². The van der Waals surface area contributed by atoms with Crippen molar-refractivity contribution in [2.75, 3.05) is 5.73 Å². The number of nitrogens with two attached hydrogens (primary N) is 1. The number of carbonyl (C=O) groups is 1. The number of aromatic nitrogens is 1. The first-order chi connectivity index (χ1) is 10.1. The Morgan fingerprint density at radius 1 is 1.38 bits per heavy atom. The van der Waals surface area contributed by atoms with Crippen LogP contribution in [-0.4, -0.2) is 10.5 Å². The molecular formula is C15H14F2N2O2. The van der Waals surface area contributed by atoms with Gasteiger partial charge in [0.05, 0.1) is 5.69 Å². The lowest BCUT2D eigenvalue weighted by molar-refractivity contribution is 0.0455. The zero-order valence-corrected chi connectivity index (χ0v) is 11.2. The molecule has 1 aromatic carbocycles. The first-order valence-corrected chi connectivity index (χ1v) is 6.63. The van der Waals surface area contributed by atoms with Crippen LogP contribution in [0.25, 0.3) is 0 Å². The summed E-state index contributed by atoms with van der Waals surface area (Å²) in [4.78, 5) is 12.1. The van der Waals surface area contributed by atoms with Crippen molar-refractivity contribution < 1.29 is 18.3 Å². The zero-order chi connectivity index (χ0) is 15.0. The zero-order valence-electron chi connectivity index (χ0n) is 11.2. The highest BCUT2D eigenvalue weighted by molar-refractivity contribution is 5.89. The molecule has 0 atom stereocenters. The molecule has 2 aromatic rings. The minimum Gasteiger partial charge on any atom is -0.456 e. The molecule has 0 aliphatic heterocycles. The van der Waals surface area contributed by atoms with Gasteiger partial charge < -0.3 is 15.0 Å². The van der Waals surface area contributed by atoms with Gasteiger partial charge in [0.15, 0.2) is 11.6 Å². The summed E-state index contributed by atoms with van der Waals surface area (Å²) in [5.41, 5.74) is 6.51. The predicted molar refractivity (Wildman–Crippen MR) is 72.6 cm³/mol. The van der Waals surface area contributed by atoms with Gasteiger partial charge in [0.2, 0.25) is 0 Å². The Balaban J connectivity index is 1.73. The topological polar surface area (TPSA) is 57.3 Å². The number of esters is 1. The molecule has 0 radical (unpaired) electrons. The maximum Gasteiger partial charge on any atom is 0.355 e. The van der Waals surface area contributed by atoms with Crippen LogP contribution in [0.2, 0.25) is 0 Å². The standard InChI is InChI=1S/C15H14F2N2O2/c16-12-3-1-2-9(14(12)17)8-21-15(20)13-6-10(18)7-19(13)11-4-5-11/h1-3,6-7,11H,4-5,8,18H2. The van der Waals surface area contributed by atoms with Crippen LogP contribution >= 0.6 is 0 Å². The number of nitrogens with zero attached hydrogens (tertiary/aromatic N) is 1. The predicted octanol–water partition coefficient (Wildman–Crippen LogP) is 3.04. The number of rotatable bonds is 4. The van der Waals surface area contributed by atoms with Crippen molar-refractivity contribution in [2.24, 2.45) is 0 Å². The Bertz CT molecular complexity index is 693. The highest BCUT2D eigenvalue weighted by Crippen LogP contribution is 2.37. The highest BCUT2D eigenvalue weighted by atomic mass is 19.2. The van der Waals surface area contributed by atoms with Gasteiger partial charge in [-0.05, 0) is 25.0 Å². The summed E-state index contributed by atoms with van der Waals surface area (Å²) >= 11 is 0. The van der Waals surface area contributed by atoms with E-state index in [9.17, 15) is 13.6 Å². The van der Waals surface area contributed by atoms with Crippen molar-refractivity contribution in [2.45, 2.75) is 25.5 Å². The van der Waals surface area contributed by atoms with E-state index in [0.717, 1.165) is 18.9 Å². The third kappa shape index (κ3) is 2.74. The SMILES string of the molecule is Nc1cc(C(=O)OCc2cccc(F)c2F)n(C2CC2)c1. The molecule has 0 saturated heterocycles. The van der Waals surface area contributed by atoms with Crippen LogP contribution in [0.1, 0.15) is 34.9 Å². The van der Waals surface area contributed by atoms with Crippen molar-refractivity contribution in [3.8, 4) is 0 Å². The quantitative estimate of drug-likeness (QED) is 0.881. The number of carbonyl (C=O) groups excluding carboxylic acids is 1.